The number of likely N-dealkylation sites (N-methyl/N-ethyl adjacent to an activating group) is 1. The SMILES string of the molecule is Cc1cncc(C(=O)N2CC[C@H]3COCC(=O)N(C)[C@H]3C2)n1. The van der Waals surface area contributed by atoms with E-state index in [4.69, 9.17) is 4.74 Å². The van der Waals surface area contributed by atoms with Crippen LogP contribution < -0.4 is 0 Å². The number of carbonyl (C=O) groups excluding carboxylic acids is 2. The molecule has 2 atom stereocenters. The summed E-state index contributed by atoms with van der Waals surface area (Å²) in [4.78, 5) is 36.3. The molecule has 0 aliphatic carbocycles. The van der Waals surface area contributed by atoms with Gasteiger partial charge in [-0.2, -0.15) is 0 Å². The lowest BCUT2D eigenvalue weighted by molar-refractivity contribution is -0.134. The van der Waals surface area contributed by atoms with Gasteiger partial charge in [0.2, 0.25) is 5.91 Å². The number of fused-ring (bicyclic) bond motifs is 1. The Kier molecular flexibility index (Phi) is 4.06. The van der Waals surface area contributed by atoms with Crippen molar-refractivity contribution < 1.29 is 14.3 Å². The molecule has 0 unspecified atom stereocenters. The van der Waals surface area contributed by atoms with Crippen molar-refractivity contribution in [1.29, 1.82) is 0 Å². The average molecular weight is 304 g/mol. The number of aromatic nitrogens is 2. The van der Waals surface area contributed by atoms with Crippen molar-refractivity contribution >= 4 is 11.8 Å². The quantitative estimate of drug-likeness (QED) is 0.736. The van der Waals surface area contributed by atoms with Gasteiger partial charge in [-0.3, -0.25) is 14.6 Å². The second-order valence-corrected chi connectivity index (χ2v) is 5.93. The first-order valence-electron chi connectivity index (χ1n) is 7.47. The van der Waals surface area contributed by atoms with E-state index in [2.05, 4.69) is 9.97 Å². The van der Waals surface area contributed by atoms with Crippen molar-refractivity contribution in [1.82, 2.24) is 19.8 Å². The van der Waals surface area contributed by atoms with Crippen LogP contribution in [0.1, 0.15) is 22.6 Å². The monoisotopic (exact) mass is 304 g/mol. The molecule has 3 heterocycles. The Balaban J connectivity index is 1.77. The number of likely N-dealkylation sites (tertiary alicyclic amines) is 1. The van der Waals surface area contributed by atoms with Gasteiger partial charge in [0.25, 0.3) is 5.91 Å². The molecule has 1 aromatic heterocycles. The third-order valence-corrected chi connectivity index (χ3v) is 4.43. The number of amides is 2. The number of rotatable bonds is 1. The zero-order chi connectivity index (χ0) is 15.7. The summed E-state index contributed by atoms with van der Waals surface area (Å²) in [7, 11) is 1.79. The van der Waals surface area contributed by atoms with Gasteiger partial charge in [0.1, 0.15) is 12.3 Å². The van der Waals surface area contributed by atoms with Gasteiger partial charge in [-0.25, -0.2) is 4.98 Å². The van der Waals surface area contributed by atoms with Crippen LogP contribution in [0.2, 0.25) is 0 Å². The standard InChI is InChI=1S/C15H20N4O3/c1-10-5-16-6-12(17-10)15(21)19-4-3-11-8-22-9-14(20)18(2)13(11)7-19/h5-6,11,13H,3-4,7-9H2,1-2H3/t11-,13-/m0/s1. The molecule has 3 rings (SSSR count). The van der Waals surface area contributed by atoms with Crippen molar-refractivity contribution in [3.63, 3.8) is 0 Å². The molecule has 0 spiro atoms. The Hall–Kier alpha value is -2.02. The van der Waals surface area contributed by atoms with Crippen molar-refractivity contribution in [3.05, 3.63) is 23.8 Å². The molecule has 22 heavy (non-hydrogen) atoms. The summed E-state index contributed by atoms with van der Waals surface area (Å²) in [5.74, 6) is 0.127. The van der Waals surface area contributed by atoms with Crippen LogP contribution in [0, 0.1) is 12.8 Å². The van der Waals surface area contributed by atoms with Gasteiger partial charge in [-0.15, -0.1) is 0 Å². The molecule has 1 aromatic rings. The van der Waals surface area contributed by atoms with E-state index in [0.717, 1.165) is 12.1 Å². The number of hydrogen-bond acceptors (Lipinski definition) is 5. The topological polar surface area (TPSA) is 75.6 Å². The molecule has 2 amide bonds. The maximum absolute atomic E-state index is 12.6. The predicted octanol–water partition coefficient (Wildman–Crippen LogP) is 0.104. The van der Waals surface area contributed by atoms with Gasteiger partial charge < -0.3 is 14.5 Å². The normalized spacial score (nSPS) is 25.6. The second kappa shape index (κ2) is 6.00. The average Bonchev–Trinajstić information content (AvgIpc) is 2.66. The zero-order valence-corrected chi connectivity index (χ0v) is 12.9. The van der Waals surface area contributed by atoms with Crippen molar-refractivity contribution in [3.8, 4) is 0 Å². The third kappa shape index (κ3) is 2.81. The predicted molar refractivity (Wildman–Crippen MR) is 78.2 cm³/mol. The minimum absolute atomic E-state index is 0.00506. The maximum atomic E-state index is 12.6. The first-order valence-corrected chi connectivity index (χ1v) is 7.47. The molecule has 118 valence electrons. The lowest BCUT2D eigenvalue weighted by Gasteiger charge is -2.40. The van der Waals surface area contributed by atoms with Gasteiger partial charge in [0.05, 0.1) is 24.5 Å². The molecule has 2 aliphatic heterocycles. The van der Waals surface area contributed by atoms with E-state index in [9.17, 15) is 9.59 Å². The molecule has 0 aromatic carbocycles. The molecule has 2 aliphatic rings. The first-order chi connectivity index (χ1) is 10.6. The van der Waals surface area contributed by atoms with E-state index < -0.39 is 0 Å². The molecule has 0 bridgehead atoms. The summed E-state index contributed by atoms with van der Waals surface area (Å²) >= 11 is 0. The summed E-state index contributed by atoms with van der Waals surface area (Å²) < 4.78 is 5.43. The van der Waals surface area contributed by atoms with E-state index in [1.807, 2.05) is 6.92 Å². The fourth-order valence-electron chi connectivity index (χ4n) is 3.11. The van der Waals surface area contributed by atoms with Gasteiger partial charge in [0.15, 0.2) is 0 Å². The highest BCUT2D eigenvalue weighted by atomic mass is 16.5. The van der Waals surface area contributed by atoms with Crippen LogP contribution >= 0.6 is 0 Å². The molecule has 0 saturated carbocycles. The molecule has 2 fully saturated rings. The summed E-state index contributed by atoms with van der Waals surface area (Å²) in [6.45, 7) is 3.69. The summed E-state index contributed by atoms with van der Waals surface area (Å²) in [5, 5.41) is 0. The fraction of sp³-hybridized carbons (Fsp3) is 0.600. The van der Waals surface area contributed by atoms with Gasteiger partial charge >= 0.3 is 0 Å². The number of piperidine rings is 1. The van der Waals surface area contributed by atoms with Crippen molar-refractivity contribution in [2.75, 3.05) is 33.4 Å². The fourth-order valence-corrected chi connectivity index (χ4v) is 3.11. The second-order valence-electron chi connectivity index (χ2n) is 5.93. The third-order valence-electron chi connectivity index (χ3n) is 4.43. The van der Waals surface area contributed by atoms with E-state index >= 15 is 0 Å². The molecule has 0 radical (unpaired) electrons. The smallest absolute Gasteiger partial charge is 0.274 e. The highest BCUT2D eigenvalue weighted by Gasteiger charge is 2.38. The van der Waals surface area contributed by atoms with E-state index in [0.29, 0.717) is 25.4 Å². The molecular formula is C15H20N4O3. The molecule has 2 saturated heterocycles. The maximum Gasteiger partial charge on any atom is 0.274 e. The number of nitrogens with zero attached hydrogens (tertiary/aromatic N) is 4. The highest BCUT2D eigenvalue weighted by molar-refractivity contribution is 5.92. The number of aryl methyl sites for hydroxylation is 1. The zero-order valence-electron chi connectivity index (χ0n) is 12.9. The highest BCUT2D eigenvalue weighted by Crippen LogP contribution is 2.25. The van der Waals surface area contributed by atoms with Crippen LogP contribution in [-0.4, -0.2) is 71.0 Å². The molecule has 7 nitrogen and oxygen atoms in total. The Morgan fingerprint density at radius 3 is 3.00 bits per heavy atom. The minimum atomic E-state index is -0.124. The largest absolute Gasteiger partial charge is 0.371 e. The Labute approximate surface area is 129 Å². The summed E-state index contributed by atoms with van der Waals surface area (Å²) in [6.07, 6.45) is 3.94. The first kappa shape index (κ1) is 14.9. The van der Waals surface area contributed by atoms with E-state index in [1.165, 1.54) is 6.20 Å². The number of ether oxygens (including phenoxy) is 1. The van der Waals surface area contributed by atoms with Crippen LogP contribution in [-0.2, 0) is 9.53 Å². The van der Waals surface area contributed by atoms with Gasteiger partial charge in [-0.05, 0) is 13.3 Å². The number of hydrogen-bond donors (Lipinski definition) is 0. The van der Waals surface area contributed by atoms with Crippen LogP contribution in [0.5, 0.6) is 0 Å². The van der Waals surface area contributed by atoms with Crippen LogP contribution in [0.15, 0.2) is 12.4 Å². The van der Waals surface area contributed by atoms with Gasteiger partial charge in [-0.1, -0.05) is 0 Å². The Morgan fingerprint density at radius 2 is 2.23 bits per heavy atom. The van der Waals surface area contributed by atoms with E-state index in [1.54, 1.807) is 23.0 Å². The summed E-state index contributed by atoms with van der Waals surface area (Å²) in [5.41, 5.74) is 1.08. The molecule has 0 N–H and O–H groups in total. The molecular weight excluding hydrogens is 284 g/mol. The Morgan fingerprint density at radius 1 is 1.41 bits per heavy atom. The van der Waals surface area contributed by atoms with Crippen molar-refractivity contribution in [2.24, 2.45) is 5.92 Å². The summed E-state index contributed by atoms with van der Waals surface area (Å²) in [6, 6.07) is 0.00506. The van der Waals surface area contributed by atoms with Crippen molar-refractivity contribution in [2.45, 2.75) is 19.4 Å². The Bertz CT molecular complexity index is 592. The van der Waals surface area contributed by atoms with Crippen LogP contribution in [0.25, 0.3) is 0 Å². The lowest BCUT2D eigenvalue weighted by Crippen LogP contribution is -2.54. The number of carbonyl (C=O) groups is 2. The van der Waals surface area contributed by atoms with Gasteiger partial charge in [0, 0.05) is 32.3 Å². The van der Waals surface area contributed by atoms with Crippen LogP contribution in [0.3, 0.4) is 0 Å². The molecule has 7 heteroatoms. The van der Waals surface area contributed by atoms with Crippen LogP contribution in [0.4, 0.5) is 0 Å². The lowest BCUT2D eigenvalue weighted by atomic mass is 9.91. The minimum Gasteiger partial charge on any atom is -0.371 e. The van der Waals surface area contributed by atoms with E-state index in [-0.39, 0.29) is 30.4 Å².